The van der Waals surface area contributed by atoms with E-state index in [0.717, 1.165) is 43.1 Å². The molecular weight excluding hydrogens is 344 g/mol. The van der Waals surface area contributed by atoms with E-state index in [1.54, 1.807) is 10.8 Å². The molecule has 0 unspecified atom stereocenters. The van der Waals surface area contributed by atoms with Gasteiger partial charge in [0.2, 0.25) is 0 Å². The van der Waals surface area contributed by atoms with Gasteiger partial charge in [-0.1, -0.05) is 18.2 Å². The maximum absolute atomic E-state index is 12.7. The molecule has 2 atom stereocenters. The van der Waals surface area contributed by atoms with Crippen LogP contribution in [0.4, 0.5) is 5.82 Å². The van der Waals surface area contributed by atoms with Crippen molar-refractivity contribution in [2.24, 2.45) is 0 Å². The molecule has 27 heavy (non-hydrogen) atoms. The minimum absolute atomic E-state index is 0.0291. The summed E-state index contributed by atoms with van der Waals surface area (Å²) in [6.45, 7) is 1.58. The quantitative estimate of drug-likeness (QED) is 0.752. The first-order valence-electron chi connectivity index (χ1n) is 9.23. The molecule has 2 aliphatic heterocycles. The summed E-state index contributed by atoms with van der Waals surface area (Å²) in [5.41, 5.74) is 1.89. The fraction of sp³-hybridized carbons (Fsp3) is 0.368. The highest BCUT2D eigenvalue weighted by Gasteiger charge is 2.30. The number of aromatic nitrogens is 4. The first-order chi connectivity index (χ1) is 13.3. The van der Waals surface area contributed by atoms with Crippen molar-refractivity contribution in [2.45, 2.75) is 31.4 Å². The molecule has 0 aliphatic carbocycles. The number of benzene rings is 1. The number of anilines is 1. The number of fused-ring (bicyclic) bond motifs is 2. The fourth-order valence-corrected chi connectivity index (χ4v) is 3.78. The van der Waals surface area contributed by atoms with Crippen molar-refractivity contribution in [3.8, 4) is 5.75 Å². The van der Waals surface area contributed by atoms with Gasteiger partial charge in [0.1, 0.15) is 17.9 Å². The lowest BCUT2D eigenvalue weighted by Crippen LogP contribution is -2.46. The molecule has 0 radical (unpaired) electrons. The second-order valence-corrected chi connectivity index (χ2v) is 7.02. The van der Waals surface area contributed by atoms with Crippen LogP contribution < -0.4 is 15.0 Å². The lowest BCUT2D eigenvalue weighted by atomic mass is 10.0. The third-order valence-corrected chi connectivity index (χ3v) is 5.22. The molecule has 138 valence electrons. The van der Waals surface area contributed by atoms with Crippen LogP contribution in [-0.2, 0) is 11.2 Å². The first-order valence-corrected chi connectivity index (χ1v) is 9.23. The highest BCUT2D eigenvalue weighted by atomic mass is 16.5. The Bertz CT molecular complexity index is 987. The zero-order valence-electron chi connectivity index (χ0n) is 14.8. The SMILES string of the molecule is O=C(N[C@H]1CCN(c2ccc3nncn3n2)C1)[C@@H]1CCc2ccccc2O1. The summed E-state index contributed by atoms with van der Waals surface area (Å²) < 4.78 is 7.56. The van der Waals surface area contributed by atoms with Gasteiger partial charge in [0, 0.05) is 19.1 Å². The topological polar surface area (TPSA) is 84.7 Å². The Morgan fingerprint density at radius 2 is 2.11 bits per heavy atom. The maximum Gasteiger partial charge on any atom is 0.261 e. The van der Waals surface area contributed by atoms with Gasteiger partial charge in [-0.15, -0.1) is 15.3 Å². The van der Waals surface area contributed by atoms with Crippen LogP contribution in [0.3, 0.4) is 0 Å². The van der Waals surface area contributed by atoms with Crippen LogP contribution in [-0.4, -0.2) is 51.0 Å². The van der Waals surface area contributed by atoms with E-state index in [1.807, 2.05) is 30.3 Å². The van der Waals surface area contributed by atoms with Gasteiger partial charge < -0.3 is 15.0 Å². The van der Waals surface area contributed by atoms with Gasteiger partial charge in [-0.3, -0.25) is 4.79 Å². The van der Waals surface area contributed by atoms with Gasteiger partial charge in [-0.25, -0.2) is 0 Å². The zero-order valence-corrected chi connectivity index (χ0v) is 14.8. The average molecular weight is 364 g/mol. The molecule has 1 aromatic carbocycles. The summed E-state index contributed by atoms with van der Waals surface area (Å²) in [7, 11) is 0. The third-order valence-electron chi connectivity index (χ3n) is 5.22. The number of hydrogen-bond acceptors (Lipinski definition) is 6. The number of hydrogen-bond donors (Lipinski definition) is 1. The number of ether oxygens (including phenoxy) is 1. The minimum atomic E-state index is -0.416. The molecule has 1 fully saturated rings. The van der Waals surface area contributed by atoms with E-state index in [9.17, 15) is 4.79 Å². The lowest BCUT2D eigenvalue weighted by Gasteiger charge is -2.26. The zero-order chi connectivity index (χ0) is 18.2. The van der Waals surface area contributed by atoms with Crippen LogP contribution in [0.2, 0.25) is 0 Å². The Kier molecular flexibility index (Phi) is 3.88. The van der Waals surface area contributed by atoms with Crippen molar-refractivity contribution >= 4 is 17.4 Å². The highest BCUT2D eigenvalue weighted by molar-refractivity contribution is 5.82. The maximum atomic E-state index is 12.7. The van der Waals surface area contributed by atoms with Gasteiger partial charge in [0.05, 0.1) is 0 Å². The number of amides is 1. The Labute approximate surface area is 156 Å². The van der Waals surface area contributed by atoms with Crippen molar-refractivity contribution in [1.29, 1.82) is 0 Å². The molecule has 0 spiro atoms. The van der Waals surface area contributed by atoms with Gasteiger partial charge in [-0.2, -0.15) is 4.52 Å². The summed E-state index contributed by atoms with van der Waals surface area (Å²) in [6, 6.07) is 11.9. The van der Waals surface area contributed by atoms with Gasteiger partial charge in [-0.05, 0) is 43.0 Å². The number of rotatable bonds is 3. The summed E-state index contributed by atoms with van der Waals surface area (Å²) in [6.07, 6.45) is 3.64. The standard InChI is InChI=1S/C19H20N6O2/c26-19(16-6-5-13-3-1-2-4-15(13)27-16)21-14-9-10-24(11-14)18-8-7-17-22-20-12-25(17)23-18/h1-4,7-8,12,14,16H,5-6,9-11H2,(H,21,26)/t14-,16-/m0/s1. The predicted molar refractivity (Wildman–Crippen MR) is 98.7 cm³/mol. The fourth-order valence-electron chi connectivity index (χ4n) is 3.78. The monoisotopic (exact) mass is 364 g/mol. The molecule has 2 aliphatic rings. The van der Waals surface area contributed by atoms with E-state index in [2.05, 4.69) is 31.6 Å². The van der Waals surface area contributed by atoms with Crippen LogP contribution in [0, 0.1) is 0 Å². The number of nitrogens with zero attached hydrogens (tertiary/aromatic N) is 5. The smallest absolute Gasteiger partial charge is 0.261 e. The molecule has 2 aromatic heterocycles. The second kappa shape index (κ2) is 6.53. The highest BCUT2D eigenvalue weighted by Crippen LogP contribution is 2.27. The van der Waals surface area contributed by atoms with E-state index in [0.29, 0.717) is 6.42 Å². The van der Waals surface area contributed by atoms with Crippen molar-refractivity contribution in [1.82, 2.24) is 25.1 Å². The summed E-state index contributed by atoms with van der Waals surface area (Å²) in [5, 5.41) is 15.5. The van der Waals surface area contributed by atoms with E-state index < -0.39 is 6.10 Å². The second-order valence-electron chi connectivity index (χ2n) is 7.02. The number of carbonyl (C=O) groups is 1. The molecule has 1 N–H and O–H groups in total. The predicted octanol–water partition coefficient (Wildman–Crippen LogP) is 1.21. The Morgan fingerprint density at radius 3 is 3.07 bits per heavy atom. The normalized spacial score (nSPS) is 21.7. The Balaban J connectivity index is 1.21. The Morgan fingerprint density at radius 1 is 1.19 bits per heavy atom. The molecule has 4 heterocycles. The number of nitrogens with one attached hydrogen (secondary N) is 1. The largest absolute Gasteiger partial charge is 0.480 e. The lowest BCUT2D eigenvalue weighted by molar-refractivity contribution is -0.129. The molecular formula is C19H20N6O2. The minimum Gasteiger partial charge on any atom is -0.480 e. The molecule has 8 nitrogen and oxygen atoms in total. The van der Waals surface area contributed by atoms with Crippen LogP contribution in [0.25, 0.3) is 5.65 Å². The molecule has 5 rings (SSSR count). The molecule has 1 saturated heterocycles. The van der Waals surface area contributed by atoms with Crippen LogP contribution in [0.5, 0.6) is 5.75 Å². The third kappa shape index (κ3) is 3.07. The van der Waals surface area contributed by atoms with Crippen LogP contribution >= 0.6 is 0 Å². The van der Waals surface area contributed by atoms with E-state index in [4.69, 9.17) is 4.74 Å². The Hall–Kier alpha value is -3.16. The van der Waals surface area contributed by atoms with Crippen LogP contribution in [0.1, 0.15) is 18.4 Å². The van der Waals surface area contributed by atoms with E-state index in [-0.39, 0.29) is 11.9 Å². The van der Waals surface area contributed by atoms with Gasteiger partial charge in [0.15, 0.2) is 11.8 Å². The van der Waals surface area contributed by atoms with Gasteiger partial charge in [0.25, 0.3) is 5.91 Å². The van der Waals surface area contributed by atoms with Crippen molar-refractivity contribution in [2.75, 3.05) is 18.0 Å². The molecule has 1 amide bonds. The average Bonchev–Trinajstić information content (AvgIpc) is 3.36. The summed E-state index contributed by atoms with van der Waals surface area (Å²) in [5.74, 6) is 1.66. The van der Waals surface area contributed by atoms with E-state index in [1.165, 1.54) is 5.56 Å². The number of aryl methyl sites for hydroxylation is 1. The van der Waals surface area contributed by atoms with E-state index >= 15 is 0 Å². The number of carbonyl (C=O) groups excluding carboxylic acids is 1. The summed E-state index contributed by atoms with van der Waals surface area (Å²) in [4.78, 5) is 14.8. The number of para-hydroxylation sites is 1. The van der Waals surface area contributed by atoms with Gasteiger partial charge >= 0.3 is 0 Å². The first kappa shape index (κ1) is 16.0. The summed E-state index contributed by atoms with van der Waals surface area (Å²) >= 11 is 0. The van der Waals surface area contributed by atoms with Crippen molar-refractivity contribution < 1.29 is 9.53 Å². The van der Waals surface area contributed by atoms with Crippen molar-refractivity contribution in [3.63, 3.8) is 0 Å². The van der Waals surface area contributed by atoms with Crippen LogP contribution in [0.15, 0.2) is 42.7 Å². The molecule has 8 heteroatoms. The van der Waals surface area contributed by atoms with Crippen molar-refractivity contribution in [3.05, 3.63) is 48.3 Å². The molecule has 3 aromatic rings. The molecule has 0 saturated carbocycles. The molecule has 0 bridgehead atoms.